The van der Waals surface area contributed by atoms with Gasteiger partial charge in [0.05, 0.1) is 13.1 Å². The summed E-state index contributed by atoms with van der Waals surface area (Å²) in [6, 6.07) is 6.29. The molecule has 0 radical (unpaired) electrons. The molecular formula is C20H30FIN6O. The molecule has 2 heterocycles. The Labute approximate surface area is 188 Å². The number of fused-ring (bicyclic) bond motifs is 1. The fourth-order valence-corrected chi connectivity index (χ4v) is 3.14. The summed E-state index contributed by atoms with van der Waals surface area (Å²) in [6.45, 7) is 8.12. The summed E-state index contributed by atoms with van der Waals surface area (Å²) in [5, 5.41) is 11.3. The molecule has 0 spiro atoms. The van der Waals surface area contributed by atoms with Gasteiger partial charge in [-0.2, -0.15) is 5.10 Å². The molecule has 7 nitrogen and oxygen atoms in total. The molecule has 0 saturated carbocycles. The lowest BCUT2D eigenvalue weighted by atomic mass is 10.1. The van der Waals surface area contributed by atoms with Crippen molar-refractivity contribution < 1.29 is 9.13 Å². The second-order valence-corrected chi connectivity index (χ2v) is 6.96. The van der Waals surface area contributed by atoms with Crippen molar-refractivity contribution in [3.8, 4) is 5.75 Å². The fourth-order valence-electron chi connectivity index (χ4n) is 3.14. The Morgan fingerprint density at radius 1 is 1.34 bits per heavy atom. The number of ether oxygens (including phenoxy) is 1. The minimum atomic E-state index is -0.272. The number of aromatic nitrogens is 3. The minimum Gasteiger partial charge on any atom is -0.489 e. The summed E-state index contributed by atoms with van der Waals surface area (Å²) in [4.78, 5) is 9.21. The number of aryl methyl sites for hydroxylation is 2. The predicted molar refractivity (Wildman–Crippen MR) is 123 cm³/mol. The topological polar surface area (TPSA) is 76.4 Å². The van der Waals surface area contributed by atoms with E-state index >= 15 is 0 Å². The van der Waals surface area contributed by atoms with Gasteiger partial charge >= 0.3 is 0 Å². The molecule has 160 valence electrons. The highest BCUT2D eigenvalue weighted by atomic mass is 127. The van der Waals surface area contributed by atoms with Crippen LogP contribution in [0.4, 0.5) is 4.39 Å². The van der Waals surface area contributed by atoms with Crippen molar-refractivity contribution in [1.29, 1.82) is 0 Å². The zero-order chi connectivity index (χ0) is 19.9. The number of hydrogen-bond donors (Lipinski definition) is 2. The highest BCUT2D eigenvalue weighted by Crippen LogP contribution is 2.14. The van der Waals surface area contributed by atoms with Crippen LogP contribution in [-0.4, -0.2) is 46.0 Å². The SMILES string of the molecule is CCNC(=NCC(C)Oc1ccc(F)cc1)NC1CCc2nc(CC)nn2C1.I. The molecule has 0 bridgehead atoms. The largest absolute Gasteiger partial charge is 0.489 e. The average Bonchev–Trinajstić information content (AvgIpc) is 3.10. The average molecular weight is 516 g/mol. The van der Waals surface area contributed by atoms with Crippen LogP contribution in [-0.2, 0) is 19.4 Å². The van der Waals surface area contributed by atoms with Crippen LogP contribution in [0.2, 0.25) is 0 Å². The van der Waals surface area contributed by atoms with Crippen LogP contribution in [0.25, 0.3) is 0 Å². The van der Waals surface area contributed by atoms with Crippen molar-refractivity contribution in [2.24, 2.45) is 4.99 Å². The Morgan fingerprint density at radius 2 is 2.10 bits per heavy atom. The highest BCUT2D eigenvalue weighted by molar-refractivity contribution is 14.0. The Bertz CT molecular complexity index is 795. The molecule has 0 aliphatic carbocycles. The number of nitrogens with one attached hydrogen (secondary N) is 2. The van der Waals surface area contributed by atoms with Gasteiger partial charge < -0.3 is 15.4 Å². The van der Waals surface area contributed by atoms with Gasteiger partial charge in [0.2, 0.25) is 0 Å². The Morgan fingerprint density at radius 3 is 2.79 bits per heavy atom. The second-order valence-electron chi connectivity index (χ2n) is 6.96. The normalized spacial score (nSPS) is 17.1. The summed E-state index contributed by atoms with van der Waals surface area (Å²) in [6.07, 6.45) is 2.64. The van der Waals surface area contributed by atoms with Crippen molar-refractivity contribution in [2.75, 3.05) is 13.1 Å². The van der Waals surface area contributed by atoms with E-state index in [1.54, 1.807) is 12.1 Å². The lowest BCUT2D eigenvalue weighted by Gasteiger charge is -2.25. The Hall–Kier alpha value is -1.91. The molecule has 0 amide bonds. The third kappa shape index (κ3) is 6.83. The van der Waals surface area contributed by atoms with Gasteiger partial charge in [0, 0.05) is 25.4 Å². The summed E-state index contributed by atoms with van der Waals surface area (Å²) >= 11 is 0. The molecule has 0 saturated heterocycles. The molecule has 1 aromatic carbocycles. The number of nitrogens with zero attached hydrogens (tertiary/aromatic N) is 4. The second kappa shape index (κ2) is 11.3. The van der Waals surface area contributed by atoms with Crippen LogP contribution in [0.5, 0.6) is 5.75 Å². The van der Waals surface area contributed by atoms with Gasteiger partial charge in [-0.3, -0.25) is 0 Å². The fraction of sp³-hybridized carbons (Fsp3) is 0.550. The molecule has 2 unspecified atom stereocenters. The van der Waals surface area contributed by atoms with Crippen LogP contribution in [0.15, 0.2) is 29.3 Å². The lowest BCUT2D eigenvalue weighted by molar-refractivity contribution is 0.230. The Balaban J connectivity index is 0.00000300. The maximum absolute atomic E-state index is 13.0. The van der Waals surface area contributed by atoms with E-state index in [1.807, 2.05) is 18.5 Å². The molecule has 2 aromatic rings. The third-order valence-electron chi connectivity index (χ3n) is 4.56. The highest BCUT2D eigenvalue weighted by Gasteiger charge is 2.22. The lowest BCUT2D eigenvalue weighted by Crippen LogP contribution is -2.47. The van der Waals surface area contributed by atoms with E-state index in [4.69, 9.17) is 4.74 Å². The first-order valence-electron chi connectivity index (χ1n) is 9.97. The monoisotopic (exact) mass is 516 g/mol. The molecule has 1 aliphatic rings. The van der Waals surface area contributed by atoms with E-state index in [9.17, 15) is 4.39 Å². The molecule has 3 rings (SSSR count). The van der Waals surface area contributed by atoms with Gasteiger partial charge in [0.1, 0.15) is 23.5 Å². The van der Waals surface area contributed by atoms with Crippen LogP contribution >= 0.6 is 24.0 Å². The number of guanidine groups is 1. The van der Waals surface area contributed by atoms with E-state index in [0.29, 0.717) is 12.3 Å². The maximum atomic E-state index is 13.0. The number of hydrogen-bond acceptors (Lipinski definition) is 4. The first kappa shape index (κ1) is 23.4. The van der Waals surface area contributed by atoms with Gasteiger partial charge in [-0.25, -0.2) is 19.0 Å². The van der Waals surface area contributed by atoms with Gasteiger partial charge in [-0.1, -0.05) is 6.92 Å². The summed E-state index contributed by atoms with van der Waals surface area (Å²) < 4.78 is 20.8. The standard InChI is InChI=1S/C20H29FN6O.HI/c1-4-18-25-19-11-8-16(13-27(19)26-18)24-20(22-5-2)23-12-14(3)28-17-9-6-15(21)7-10-17;/h6-7,9-10,14,16H,4-5,8,11-13H2,1-3H3,(H2,22,23,24);1H. The van der Waals surface area contributed by atoms with E-state index in [1.165, 1.54) is 12.1 Å². The van der Waals surface area contributed by atoms with Crippen LogP contribution in [0, 0.1) is 5.82 Å². The van der Waals surface area contributed by atoms with Crippen molar-refractivity contribution in [3.63, 3.8) is 0 Å². The maximum Gasteiger partial charge on any atom is 0.191 e. The van der Waals surface area contributed by atoms with Crippen LogP contribution in [0.1, 0.15) is 38.8 Å². The molecular weight excluding hydrogens is 486 g/mol. The predicted octanol–water partition coefficient (Wildman–Crippen LogP) is 2.94. The number of halogens is 2. The van der Waals surface area contributed by atoms with Crippen molar-refractivity contribution in [3.05, 3.63) is 41.7 Å². The smallest absolute Gasteiger partial charge is 0.191 e. The number of rotatable bonds is 7. The molecule has 1 aromatic heterocycles. The zero-order valence-electron chi connectivity index (χ0n) is 17.2. The van der Waals surface area contributed by atoms with E-state index in [-0.39, 0.29) is 41.9 Å². The first-order valence-corrected chi connectivity index (χ1v) is 9.97. The first-order chi connectivity index (χ1) is 13.6. The van der Waals surface area contributed by atoms with Gasteiger partial charge in [-0.05, 0) is 44.5 Å². The van der Waals surface area contributed by atoms with Crippen LogP contribution in [0.3, 0.4) is 0 Å². The molecule has 2 N–H and O–H groups in total. The molecule has 0 fully saturated rings. The quantitative estimate of drug-likeness (QED) is 0.337. The molecule has 29 heavy (non-hydrogen) atoms. The van der Waals surface area contributed by atoms with Crippen molar-refractivity contribution >= 4 is 29.9 Å². The summed E-state index contributed by atoms with van der Waals surface area (Å²) in [7, 11) is 0. The summed E-state index contributed by atoms with van der Waals surface area (Å²) in [5.41, 5.74) is 0. The molecule has 9 heteroatoms. The van der Waals surface area contributed by atoms with Gasteiger partial charge in [0.15, 0.2) is 11.8 Å². The van der Waals surface area contributed by atoms with Gasteiger partial charge in [-0.15, -0.1) is 24.0 Å². The Kier molecular flexibility index (Phi) is 9.12. The number of benzene rings is 1. The van der Waals surface area contributed by atoms with E-state index in [0.717, 1.165) is 50.0 Å². The third-order valence-corrected chi connectivity index (χ3v) is 4.56. The number of aliphatic imine (C=N–C) groups is 1. The van der Waals surface area contributed by atoms with E-state index in [2.05, 4.69) is 32.6 Å². The van der Waals surface area contributed by atoms with Crippen LogP contribution < -0.4 is 15.4 Å². The molecule has 2 atom stereocenters. The molecule has 1 aliphatic heterocycles. The van der Waals surface area contributed by atoms with Crippen molar-refractivity contribution in [2.45, 2.75) is 58.7 Å². The summed E-state index contributed by atoms with van der Waals surface area (Å²) in [5.74, 6) is 3.10. The minimum absolute atomic E-state index is 0. The van der Waals surface area contributed by atoms with E-state index < -0.39 is 0 Å². The zero-order valence-corrected chi connectivity index (χ0v) is 19.5. The van der Waals surface area contributed by atoms with Gasteiger partial charge in [0.25, 0.3) is 0 Å². The van der Waals surface area contributed by atoms with Crippen molar-refractivity contribution in [1.82, 2.24) is 25.4 Å².